The van der Waals surface area contributed by atoms with Crippen LogP contribution in [0.15, 0.2) is 55.2 Å². The molecule has 0 bridgehead atoms. The van der Waals surface area contributed by atoms with Gasteiger partial charge in [-0.25, -0.2) is 9.97 Å². The highest BCUT2D eigenvalue weighted by Gasteiger charge is 2.24. The summed E-state index contributed by atoms with van der Waals surface area (Å²) in [6.45, 7) is 2.58. The third-order valence-electron chi connectivity index (χ3n) is 6.10. The van der Waals surface area contributed by atoms with Crippen LogP contribution in [0.1, 0.15) is 12.8 Å². The lowest BCUT2D eigenvalue weighted by atomic mass is 9.97. The van der Waals surface area contributed by atoms with Crippen molar-refractivity contribution in [1.29, 1.82) is 0 Å². The average Bonchev–Trinajstić information content (AvgIpc) is 3.47. The van der Waals surface area contributed by atoms with Crippen LogP contribution in [0.2, 0.25) is 0 Å². The van der Waals surface area contributed by atoms with Crippen LogP contribution in [0.4, 0.5) is 5.82 Å². The van der Waals surface area contributed by atoms with Crippen molar-refractivity contribution in [3.05, 3.63) is 55.2 Å². The first-order chi connectivity index (χ1) is 15.6. The Labute approximate surface area is 187 Å². The lowest BCUT2D eigenvalue weighted by molar-refractivity contribution is 0.422. The molecule has 1 unspecified atom stereocenters. The highest BCUT2D eigenvalue weighted by atomic mass is 15.2. The van der Waals surface area contributed by atoms with Gasteiger partial charge in [-0.15, -0.1) is 0 Å². The second-order valence-corrected chi connectivity index (χ2v) is 8.51. The SMILES string of the molecule is Cn1cc(-c2cccc(-c3ncc(-c4cnn(C)c4)c(N4CCCC(CN)C4)n3)c2)cn1. The number of piperidine rings is 1. The summed E-state index contributed by atoms with van der Waals surface area (Å²) in [5.41, 5.74) is 11.2. The van der Waals surface area contributed by atoms with Crippen LogP contribution in [-0.2, 0) is 14.1 Å². The van der Waals surface area contributed by atoms with E-state index >= 15 is 0 Å². The molecular formula is C24H28N8. The highest BCUT2D eigenvalue weighted by Crippen LogP contribution is 2.33. The van der Waals surface area contributed by atoms with Crippen molar-refractivity contribution in [2.75, 3.05) is 24.5 Å². The lowest BCUT2D eigenvalue weighted by Gasteiger charge is -2.34. The van der Waals surface area contributed by atoms with Crippen molar-refractivity contribution < 1.29 is 0 Å². The van der Waals surface area contributed by atoms with Gasteiger partial charge in [-0.2, -0.15) is 10.2 Å². The van der Waals surface area contributed by atoms with Crippen molar-refractivity contribution >= 4 is 5.82 Å². The van der Waals surface area contributed by atoms with Gasteiger partial charge >= 0.3 is 0 Å². The van der Waals surface area contributed by atoms with Gasteiger partial charge in [0, 0.05) is 68.0 Å². The van der Waals surface area contributed by atoms with E-state index in [0.717, 1.165) is 53.1 Å². The molecule has 1 saturated heterocycles. The fourth-order valence-electron chi connectivity index (χ4n) is 4.37. The molecule has 1 aliphatic heterocycles. The molecule has 0 spiro atoms. The van der Waals surface area contributed by atoms with Crippen LogP contribution in [0.25, 0.3) is 33.6 Å². The van der Waals surface area contributed by atoms with E-state index < -0.39 is 0 Å². The second kappa shape index (κ2) is 8.55. The number of hydrogen-bond donors (Lipinski definition) is 1. The molecule has 32 heavy (non-hydrogen) atoms. The summed E-state index contributed by atoms with van der Waals surface area (Å²) in [6, 6.07) is 8.31. The van der Waals surface area contributed by atoms with Crippen LogP contribution < -0.4 is 10.6 Å². The lowest BCUT2D eigenvalue weighted by Crippen LogP contribution is -2.39. The van der Waals surface area contributed by atoms with Gasteiger partial charge in [0.05, 0.1) is 12.4 Å². The minimum atomic E-state index is 0.484. The number of nitrogens with zero attached hydrogens (tertiary/aromatic N) is 7. The predicted molar refractivity (Wildman–Crippen MR) is 126 cm³/mol. The molecular weight excluding hydrogens is 400 g/mol. The van der Waals surface area contributed by atoms with E-state index in [-0.39, 0.29) is 0 Å². The summed E-state index contributed by atoms with van der Waals surface area (Å²) in [5.74, 6) is 2.15. The fraction of sp³-hybridized carbons (Fsp3) is 0.333. The molecule has 0 amide bonds. The first-order valence-electron chi connectivity index (χ1n) is 11.0. The maximum absolute atomic E-state index is 6.01. The molecule has 0 radical (unpaired) electrons. The summed E-state index contributed by atoms with van der Waals surface area (Å²) in [5, 5.41) is 8.65. The molecule has 4 aromatic rings. The summed E-state index contributed by atoms with van der Waals surface area (Å²) >= 11 is 0. The van der Waals surface area contributed by atoms with E-state index in [9.17, 15) is 0 Å². The molecule has 5 rings (SSSR count). The van der Waals surface area contributed by atoms with Crippen LogP contribution in [0.5, 0.6) is 0 Å². The molecule has 164 valence electrons. The van der Waals surface area contributed by atoms with Gasteiger partial charge in [0.25, 0.3) is 0 Å². The van der Waals surface area contributed by atoms with Gasteiger partial charge in [-0.1, -0.05) is 18.2 Å². The van der Waals surface area contributed by atoms with Crippen molar-refractivity contribution in [3.8, 4) is 33.6 Å². The van der Waals surface area contributed by atoms with Crippen LogP contribution in [-0.4, -0.2) is 49.2 Å². The highest BCUT2D eigenvalue weighted by molar-refractivity contribution is 5.77. The molecule has 8 nitrogen and oxygen atoms in total. The molecule has 2 N–H and O–H groups in total. The maximum atomic E-state index is 6.01. The first kappa shape index (κ1) is 20.4. The number of hydrogen-bond acceptors (Lipinski definition) is 6. The zero-order chi connectivity index (χ0) is 22.1. The van der Waals surface area contributed by atoms with E-state index in [0.29, 0.717) is 18.3 Å². The molecule has 1 aromatic carbocycles. The number of nitrogens with two attached hydrogens (primary N) is 1. The summed E-state index contributed by atoms with van der Waals surface area (Å²) in [7, 11) is 3.85. The quantitative estimate of drug-likeness (QED) is 0.525. The van der Waals surface area contributed by atoms with E-state index in [2.05, 4.69) is 33.3 Å². The summed E-state index contributed by atoms with van der Waals surface area (Å²) in [4.78, 5) is 12.2. The van der Waals surface area contributed by atoms with E-state index in [1.165, 1.54) is 6.42 Å². The minimum Gasteiger partial charge on any atom is -0.356 e. The third kappa shape index (κ3) is 4.01. The Morgan fingerprint density at radius 1 is 0.969 bits per heavy atom. The Morgan fingerprint density at radius 2 is 1.72 bits per heavy atom. The van der Waals surface area contributed by atoms with Crippen LogP contribution in [0, 0.1) is 5.92 Å². The minimum absolute atomic E-state index is 0.484. The molecule has 0 saturated carbocycles. The normalized spacial score (nSPS) is 16.5. The molecule has 0 aliphatic carbocycles. The van der Waals surface area contributed by atoms with E-state index in [1.54, 1.807) is 0 Å². The second-order valence-electron chi connectivity index (χ2n) is 8.51. The smallest absolute Gasteiger partial charge is 0.161 e. The van der Waals surface area contributed by atoms with Gasteiger partial charge in [0.15, 0.2) is 5.82 Å². The molecule has 4 heterocycles. The van der Waals surface area contributed by atoms with E-state index in [4.69, 9.17) is 15.7 Å². The molecule has 1 aliphatic rings. The molecule has 8 heteroatoms. The standard InChI is InChI=1S/C24H28N8/c1-30-15-20(11-27-30)18-6-3-7-19(9-18)23-26-13-22(21-12-28-31(2)16-21)24(29-23)32-8-4-5-17(10-25)14-32/h3,6-7,9,11-13,15-17H,4-5,8,10,14,25H2,1-2H3. The predicted octanol–water partition coefficient (Wildman–Crippen LogP) is 3.12. The topological polar surface area (TPSA) is 90.7 Å². The van der Waals surface area contributed by atoms with Crippen molar-refractivity contribution in [3.63, 3.8) is 0 Å². The maximum Gasteiger partial charge on any atom is 0.161 e. The number of aromatic nitrogens is 6. The first-order valence-corrected chi connectivity index (χ1v) is 11.0. The zero-order valence-corrected chi connectivity index (χ0v) is 18.5. The number of benzene rings is 1. The van der Waals surface area contributed by atoms with Gasteiger partial charge in [0.1, 0.15) is 5.82 Å². The average molecular weight is 429 g/mol. The van der Waals surface area contributed by atoms with Crippen molar-refractivity contribution in [2.45, 2.75) is 12.8 Å². The van der Waals surface area contributed by atoms with E-state index in [1.807, 2.05) is 60.5 Å². The number of anilines is 1. The Bertz CT molecular complexity index is 1220. The molecule has 1 fully saturated rings. The van der Waals surface area contributed by atoms with Gasteiger partial charge < -0.3 is 10.6 Å². The van der Waals surface area contributed by atoms with Crippen molar-refractivity contribution in [2.24, 2.45) is 25.7 Å². The summed E-state index contributed by atoms with van der Waals surface area (Å²) < 4.78 is 3.62. The Hall–Kier alpha value is -3.52. The van der Waals surface area contributed by atoms with Gasteiger partial charge in [0.2, 0.25) is 0 Å². The summed E-state index contributed by atoms with van der Waals surface area (Å²) in [6.07, 6.45) is 12.0. The molecule has 3 aromatic heterocycles. The third-order valence-corrected chi connectivity index (χ3v) is 6.10. The fourth-order valence-corrected chi connectivity index (χ4v) is 4.37. The van der Waals surface area contributed by atoms with Crippen molar-refractivity contribution in [1.82, 2.24) is 29.5 Å². The number of aryl methyl sites for hydroxylation is 2. The van der Waals surface area contributed by atoms with Crippen LogP contribution in [0.3, 0.4) is 0 Å². The van der Waals surface area contributed by atoms with Crippen LogP contribution >= 0.6 is 0 Å². The Kier molecular flexibility index (Phi) is 5.45. The number of rotatable bonds is 5. The Morgan fingerprint density at radius 3 is 2.44 bits per heavy atom. The zero-order valence-electron chi connectivity index (χ0n) is 18.5. The van der Waals surface area contributed by atoms with Gasteiger partial charge in [-0.05, 0) is 36.9 Å². The van der Waals surface area contributed by atoms with Gasteiger partial charge in [-0.3, -0.25) is 9.36 Å². The molecule has 1 atom stereocenters. The largest absolute Gasteiger partial charge is 0.356 e. The Balaban J connectivity index is 1.57. The monoisotopic (exact) mass is 428 g/mol.